The van der Waals surface area contributed by atoms with Gasteiger partial charge in [-0.05, 0) is 12.1 Å². The molecule has 3 atom stereocenters. The van der Waals surface area contributed by atoms with E-state index in [2.05, 4.69) is 10.5 Å². The number of carbonyl (C=O) groups excluding carboxylic acids is 4. The van der Waals surface area contributed by atoms with Crippen LogP contribution >= 0.6 is 11.8 Å². The number of furan rings is 1. The van der Waals surface area contributed by atoms with Gasteiger partial charge in [0.25, 0.3) is 11.8 Å². The Labute approximate surface area is 227 Å². The van der Waals surface area contributed by atoms with Crippen molar-refractivity contribution in [3.63, 3.8) is 0 Å². The number of carbonyl (C=O) groups is 5. The van der Waals surface area contributed by atoms with Crippen LogP contribution in [0.25, 0.3) is 0 Å². The van der Waals surface area contributed by atoms with Gasteiger partial charge in [0.15, 0.2) is 11.9 Å². The van der Waals surface area contributed by atoms with Crippen LogP contribution in [0.3, 0.4) is 0 Å². The van der Waals surface area contributed by atoms with Crippen molar-refractivity contribution in [1.82, 2.24) is 10.2 Å². The summed E-state index contributed by atoms with van der Waals surface area (Å²) in [6.07, 6.45) is -1.21. The molecule has 3 heterocycles. The highest BCUT2D eigenvalue weighted by Gasteiger charge is 2.55. The lowest BCUT2D eigenvalue weighted by Crippen LogP contribution is -2.71. The molecule has 4 N–H and O–H groups in total. The summed E-state index contributed by atoms with van der Waals surface area (Å²) in [7, 11) is 6.66. The molecule has 2 aliphatic heterocycles. The summed E-state index contributed by atoms with van der Waals surface area (Å²) in [5.74, 6) is -3.26. The van der Waals surface area contributed by atoms with Crippen molar-refractivity contribution in [2.75, 3.05) is 47.2 Å². The van der Waals surface area contributed by atoms with Crippen molar-refractivity contribution < 1.29 is 52.3 Å². The van der Waals surface area contributed by atoms with Crippen molar-refractivity contribution in [3.05, 3.63) is 35.4 Å². The number of thioether (sulfide) groups is 1. The number of primary amides is 1. The molecule has 0 aliphatic carbocycles. The fraction of sp³-hybridized carbons (Fsp3) is 0.478. The molecule has 212 valence electrons. The third-order valence-corrected chi connectivity index (χ3v) is 6.84. The van der Waals surface area contributed by atoms with Crippen molar-refractivity contribution in [1.29, 1.82) is 0 Å². The maximum Gasteiger partial charge on any atom is 0.404 e. The van der Waals surface area contributed by atoms with Crippen molar-refractivity contribution in [2.24, 2.45) is 10.9 Å². The lowest BCUT2D eigenvalue weighted by molar-refractivity contribution is -0.873. The monoisotopic (exact) mass is 568 g/mol. The van der Waals surface area contributed by atoms with E-state index in [0.29, 0.717) is 4.48 Å². The van der Waals surface area contributed by atoms with Gasteiger partial charge >= 0.3 is 18.0 Å². The van der Waals surface area contributed by atoms with Crippen LogP contribution in [0.1, 0.15) is 12.2 Å². The molecule has 1 aromatic heterocycles. The molecular weight excluding hydrogens is 538 g/mol. The minimum Gasteiger partial charge on any atom is -0.481 e. The van der Waals surface area contributed by atoms with Crippen LogP contribution in [-0.2, 0) is 33.5 Å². The Balaban J connectivity index is 1.85. The van der Waals surface area contributed by atoms with Gasteiger partial charge in [0.05, 0.1) is 33.8 Å². The van der Waals surface area contributed by atoms with E-state index in [1.807, 2.05) is 0 Å². The maximum atomic E-state index is 13.4. The van der Waals surface area contributed by atoms with Crippen LogP contribution in [-0.4, -0.2) is 115 Å². The molecule has 0 spiro atoms. The number of fused-ring (bicyclic) bond motifs is 1. The molecule has 39 heavy (non-hydrogen) atoms. The van der Waals surface area contributed by atoms with E-state index in [1.54, 1.807) is 27.2 Å². The Morgan fingerprint density at radius 2 is 2.05 bits per heavy atom. The number of quaternary nitrogens is 1. The molecule has 1 saturated heterocycles. The fourth-order valence-electron chi connectivity index (χ4n) is 4.01. The molecule has 15 nitrogen and oxygen atoms in total. The zero-order chi connectivity index (χ0) is 28.9. The minimum atomic E-state index is -1.17. The Bertz CT molecular complexity index is 1190. The normalized spacial score (nSPS) is 19.9. The average molecular weight is 569 g/mol. The van der Waals surface area contributed by atoms with Crippen molar-refractivity contribution >= 4 is 47.3 Å². The molecule has 0 aromatic carbocycles. The molecule has 16 heteroatoms. The molecule has 0 bridgehead atoms. The fourth-order valence-corrected chi connectivity index (χ4v) is 5.34. The molecule has 1 fully saturated rings. The van der Waals surface area contributed by atoms with Crippen LogP contribution in [0.15, 0.2) is 39.2 Å². The Morgan fingerprint density at radius 3 is 2.62 bits per heavy atom. The van der Waals surface area contributed by atoms with Gasteiger partial charge in [0.2, 0.25) is 5.71 Å². The molecule has 0 saturated carbocycles. The quantitative estimate of drug-likeness (QED) is 0.0962. The summed E-state index contributed by atoms with van der Waals surface area (Å²) in [6, 6.07) is 2.00. The second kappa shape index (κ2) is 12.2. The summed E-state index contributed by atoms with van der Waals surface area (Å²) in [4.78, 5) is 67.9. The van der Waals surface area contributed by atoms with E-state index in [-0.39, 0.29) is 41.6 Å². The summed E-state index contributed by atoms with van der Waals surface area (Å²) in [6.45, 7) is -0.208. The first-order valence-corrected chi connectivity index (χ1v) is 12.6. The number of β-lactam (4-membered cyclic amide) rings is 1. The second-order valence-electron chi connectivity index (χ2n) is 9.62. The minimum absolute atomic E-state index is 0.117. The number of likely N-dealkylation sites (N-methyl/N-ethyl adjacent to an activating group) is 1. The number of amides is 3. The zero-order valence-corrected chi connectivity index (χ0v) is 22.6. The highest BCUT2D eigenvalue weighted by molar-refractivity contribution is 8.00. The van der Waals surface area contributed by atoms with Gasteiger partial charge in [-0.3, -0.25) is 19.3 Å². The lowest BCUT2D eigenvalue weighted by Gasteiger charge is -2.49. The van der Waals surface area contributed by atoms with Crippen LogP contribution in [0.5, 0.6) is 0 Å². The number of rotatable bonds is 12. The molecule has 1 unspecified atom stereocenters. The van der Waals surface area contributed by atoms with Crippen LogP contribution in [0.4, 0.5) is 4.79 Å². The van der Waals surface area contributed by atoms with E-state index in [1.165, 1.54) is 31.2 Å². The Kier molecular flexibility index (Phi) is 9.24. The van der Waals surface area contributed by atoms with E-state index in [0.717, 1.165) is 4.90 Å². The van der Waals surface area contributed by atoms with Crippen molar-refractivity contribution in [3.8, 4) is 0 Å². The summed E-state index contributed by atoms with van der Waals surface area (Å²) >= 11 is 1.21. The Morgan fingerprint density at radius 1 is 1.33 bits per heavy atom. The SMILES string of the molecule is CO/N=C(\C(=O)N[C@@H]1C(=O)N2C(C(=O)OC(CC(=O)O)C[N+](C)(C)C)=C(COC(N)=O)CS[C@H]12)c1ccco1. The van der Waals surface area contributed by atoms with Gasteiger partial charge < -0.3 is 39.4 Å². The predicted molar refractivity (Wildman–Crippen MR) is 135 cm³/mol. The van der Waals surface area contributed by atoms with Gasteiger partial charge in [0, 0.05) is 11.3 Å². The highest BCUT2D eigenvalue weighted by atomic mass is 32.2. The summed E-state index contributed by atoms with van der Waals surface area (Å²) in [5.41, 5.74) is 4.94. The number of nitrogens with two attached hydrogens (primary N) is 1. The number of aliphatic carboxylic acids is 1. The number of ether oxygens (including phenoxy) is 2. The number of nitrogens with one attached hydrogen (secondary N) is 1. The smallest absolute Gasteiger partial charge is 0.404 e. The zero-order valence-electron chi connectivity index (χ0n) is 21.7. The number of oxime groups is 1. The molecule has 2 aliphatic rings. The van der Waals surface area contributed by atoms with E-state index in [4.69, 9.17) is 24.5 Å². The van der Waals surface area contributed by atoms with E-state index in [9.17, 15) is 29.1 Å². The highest BCUT2D eigenvalue weighted by Crippen LogP contribution is 2.41. The third kappa shape index (κ3) is 7.29. The van der Waals surface area contributed by atoms with Gasteiger partial charge in [-0.25, -0.2) is 9.59 Å². The standard InChI is InChI=1S/C23H29N5O10S/c1-28(2,3)9-13(8-15(29)30)38-22(33)18-12(10-37-23(24)34)11-39-21-17(20(32)27(18)21)25-19(31)16(26-35-4)14-6-5-7-36-14/h5-7,13,17,21H,8-11H2,1-4H3,(H3-,24,25,29,30,31,34)/p+1/b26-16-/t13?,17-,21-/m1/s1. The molecular formula is C23H30N5O10S+. The van der Waals surface area contributed by atoms with Gasteiger partial charge in [-0.2, -0.15) is 0 Å². The molecule has 3 rings (SSSR count). The van der Waals surface area contributed by atoms with Crippen LogP contribution in [0.2, 0.25) is 0 Å². The molecule has 3 amide bonds. The Hall–Kier alpha value is -4.05. The number of hydrogen-bond donors (Lipinski definition) is 3. The number of hydrogen-bond acceptors (Lipinski definition) is 11. The van der Waals surface area contributed by atoms with Crippen LogP contribution < -0.4 is 11.1 Å². The predicted octanol–water partition coefficient (Wildman–Crippen LogP) is -0.528. The van der Waals surface area contributed by atoms with Gasteiger partial charge in [-0.1, -0.05) is 5.16 Å². The van der Waals surface area contributed by atoms with Gasteiger partial charge in [-0.15, -0.1) is 11.8 Å². The molecule has 0 radical (unpaired) electrons. The lowest BCUT2D eigenvalue weighted by atomic mass is 10.0. The topological polar surface area (TPSA) is 200 Å². The van der Waals surface area contributed by atoms with Crippen molar-refractivity contribution in [2.45, 2.75) is 23.9 Å². The second-order valence-corrected chi connectivity index (χ2v) is 10.7. The number of nitrogens with zero attached hydrogens (tertiary/aromatic N) is 3. The number of carboxylic acids is 1. The van der Waals surface area contributed by atoms with E-state index >= 15 is 0 Å². The summed E-state index contributed by atoms with van der Waals surface area (Å²) in [5, 5.41) is 14.8. The first-order valence-electron chi connectivity index (χ1n) is 11.6. The van der Waals surface area contributed by atoms with E-state index < -0.39 is 53.8 Å². The first-order chi connectivity index (χ1) is 18.3. The molecule has 1 aromatic rings. The maximum absolute atomic E-state index is 13.4. The first kappa shape index (κ1) is 29.5. The van der Waals surface area contributed by atoms with Crippen LogP contribution in [0, 0.1) is 0 Å². The summed E-state index contributed by atoms with van der Waals surface area (Å²) < 4.78 is 15.9. The van der Waals surface area contributed by atoms with Gasteiger partial charge in [0.1, 0.15) is 37.4 Å². The third-order valence-electron chi connectivity index (χ3n) is 5.50. The number of esters is 1. The largest absolute Gasteiger partial charge is 0.481 e. The average Bonchev–Trinajstić information content (AvgIpc) is 3.36. The number of carboxylic acid groups (broad SMARTS) is 1.